The van der Waals surface area contributed by atoms with E-state index in [0.29, 0.717) is 28.7 Å². The van der Waals surface area contributed by atoms with Gasteiger partial charge in [-0.3, -0.25) is 4.79 Å². The van der Waals surface area contributed by atoms with Crippen molar-refractivity contribution < 1.29 is 13.9 Å². The molecule has 1 unspecified atom stereocenters. The van der Waals surface area contributed by atoms with Gasteiger partial charge < -0.3 is 9.72 Å². The van der Waals surface area contributed by atoms with Crippen LogP contribution in [-0.2, 0) is 15.1 Å². The van der Waals surface area contributed by atoms with Crippen molar-refractivity contribution in [1.82, 2.24) is 9.97 Å². The molecule has 35 heavy (non-hydrogen) atoms. The molecule has 0 amide bonds. The Morgan fingerprint density at radius 3 is 2.71 bits per heavy atom. The molecule has 1 heterocycles. The van der Waals surface area contributed by atoms with Crippen molar-refractivity contribution in [1.29, 1.82) is 0 Å². The standard InChI is InChI=1S/C30H41FN2O2/c1-5-19-9-12-23-22-11-8-20-7-6-15-30(35-18(2)34,29(20,4)24(22)14-16-28(19,23)3)27-32-25-13-10-21(31)17-26(25)33-27/h10,13,17,19-20,22-24H,5-9,11-12,14-16H2,1-4H3,(H,32,33)/t19-,20-,22-,23-,24-,28+,29-,30?/m0/s1. The van der Waals surface area contributed by atoms with Crippen LogP contribution in [0.5, 0.6) is 0 Å². The molecule has 8 atom stereocenters. The first kappa shape index (κ1) is 23.5. The van der Waals surface area contributed by atoms with Gasteiger partial charge in [-0.05, 0) is 111 Å². The Bertz CT molecular complexity index is 1140. The SMILES string of the molecule is CC[C@H]1CC[C@H]2[C@@H]3CC[C@@H]4CCCC(OC(C)=O)(c5nc6ccc(F)cc6[nH]5)[C@]4(C)[C@H]3CC[C@]12C. The molecule has 1 aromatic carbocycles. The smallest absolute Gasteiger partial charge is 0.303 e. The molecule has 0 aliphatic heterocycles. The van der Waals surface area contributed by atoms with Crippen molar-refractivity contribution in [3.8, 4) is 0 Å². The molecule has 4 nitrogen and oxygen atoms in total. The van der Waals surface area contributed by atoms with Crippen LogP contribution in [0.3, 0.4) is 0 Å². The number of imidazole rings is 1. The van der Waals surface area contributed by atoms with E-state index in [1.807, 2.05) is 0 Å². The monoisotopic (exact) mass is 480 g/mol. The minimum atomic E-state index is -0.795. The topological polar surface area (TPSA) is 55.0 Å². The van der Waals surface area contributed by atoms with Crippen molar-refractivity contribution in [3.63, 3.8) is 0 Å². The summed E-state index contributed by atoms with van der Waals surface area (Å²) in [4.78, 5) is 21.2. The van der Waals surface area contributed by atoms with Gasteiger partial charge in [-0.1, -0.05) is 27.2 Å². The molecule has 6 rings (SSSR count). The molecule has 2 aromatic rings. The molecule has 0 radical (unpaired) electrons. The van der Waals surface area contributed by atoms with Crippen LogP contribution in [0.2, 0.25) is 0 Å². The zero-order valence-corrected chi connectivity index (χ0v) is 21.8. The van der Waals surface area contributed by atoms with Crippen LogP contribution in [0.25, 0.3) is 11.0 Å². The van der Waals surface area contributed by atoms with E-state index in [4.69, 9.17) is 9.72 Å². The molecule has 5 heteroatoms. The van der Waals surface area contributed by atoms with Gasteiger partial charge in [-0.25, -0.2) is 9.37 Å². The zero-order chi connectivity index (χ0) is 24.6. The molecule has 1 N–H and O–H groups in total. The lowest BCUT2D eigenvalue weighted by Gasteiger charge is -2.65. The molecule has 4 saturated carbocycles. The summed E-state index contributed by atoms with van der Waals surface area (Å²) in [5.41, 5.74) is 0.898. The maximum Gasteiger partial charge on any atom is 0.303 e. The third kappa shape index (κ3) is 3.15. The fourth-order valence-corrected chi connectivity index (χ4v) is 10.2. The summed E-state index contributed by atoms with van der Waals surface area (Å²) in [7, 11) is 0. The Morgan fingerprint density at radius 1 is 1.11 bits per heavy atom. The van der Waals surface area contributed by atoms with E-state index >= 15 is 0 Å². The third-order valence-corrected chi connectivity index (χ3v) is 11.7. The van der Waals surface area contributed by atoms with E-state index < -0.39 is 5.60 Å². The number of carbonyl (C=O) groups excluding carboxylic acids is 1. The number of fused-ring (bicyclic) bond motifs is 6. The second kappa shape index (κ2) is 8.05. The second-order valence-electron chi connectivity index (χ2n) is 12.7. The highest BCUT2D eigenvalue weighted by Gasteiger charge is 2.68. The van der Waals surface area contributed by atoms with Gasteiger partial charge in [-0.2, -0.15) is 0 Å². The molecule has 4 aliphatic rings. The van der Waals surface area contributed by atoms with Crippen LogP contribution >= 0.6 is 0 Å². The Morgan fingerprint density at radius 2 is 1.94 bits per heavy atom. The number of nitrogens with zero attached hydrogens (tertiary/aromatic N) is 1. The lowest BCUT2D eigenvalue weighted by atomic mass is 9.41. The average Bonchev–Trinajstić information content (AvgIpc) is 3.39. The van der Waals surface area contributed by atoms with Gasteiger partial charge in [0.2, 0.25) is 0 Å². The molecule has 0 spiro atoms. The van der Waals surface area contributed by atoms with E-state index in [1.54, 1.807) is 6.07 Å². The van der Waals surface area contributed by atoms with Crippen LogP contribution in [0.15, 0.2) is 18.2 Å². The van der Waals surface area contributed by atoms with Crippen LogP contribution in [0.1, 0.15) is 97.7 Å². The van der Waals surface area contributed by atoms with E-state index in [2.05, 4.69) is 25.8 Å². The predicted octanol–water partition coefficient (Wildman–Crippen LogP) is 7.53. The van der Waals surface area contributed by atoms with Crippen LogP contribution in [0, 0.1) is 46.2 Å². The van der Waals surface area contributed by atoms with Gasteiger partial charge in [0.1, 0.15) is 5.82 Å². The van der Waals surface area contributed by atoms with Crippen LogP contribution in [0.4, 0.5) is 4.39 Å². The van der Waals surface area contributed by atoms with Gasteiger partial charge in [0.15, 0.2) is 11.4 Å². The number of hydrogen-bond donors (Lipinski definition) is 1. The summed E-state index contributed by atoms with van der Waals surface area (Å²) in [6.45, 7) is 8.93. The zero-order valence-electron chi connectivity index (χ0n) is 21.8. The van der Waals surface area contributed by atoms with Gasteiger partial charge in [0.25, 0.3) is 0 Å². The number of H-pyrrole nitrogens is 1. The molecular formula is C30H41FN2O2. The lowest BCUT2D eigenvalue weighted by Crippen LogP contribution is -2.63. The van der Waals surface area contributed by atoms with E-state index in [9.17, 15) is 9.18 Å². The van der Waals surface area contributed by atoms with Crippen molar-refractivity contribution >= 4 is 17.0 Å². The summed E-state index contributed by atoms with van der Waals surface area (Å²) in [5.74, 6) is 3.52. The number of benzene rings is 1. The number of rotatable bonds is 3. The highest BCUT2D eigenvalue weighted by Crippen LogP contribution is 2.71. The predicted molar refractivity (Wildman–Crippen MR) is 135 cm³/mol. The Kier molecular flexibility index (Phi) is 5.40. The maximum atomic E-state index is 14.0. The largest absolute Gasteiger partial charge is 0.450 e. The molecule has 0 bridgehead atoms. The fraction of sp³-hybridized carbons (Fsp3) is 0.733. The number of nitrogens with one attached hydrogen (secondary N) is 1. The van der Waals surface area contributed by atoms with E-state index in [-0.39, 0.29) is 17.2 Å². The van der Waals surface area contributed by atoms with Crippen molar-refractivity contribution in [2.24, 2.45) is 40.4 Å². The first-order valence-electron chi connectivity index (χ1n) is 14.1. The first-order chi connectivity index (χ1) is 16.7. The highest BCUT2D eigenvalue weighted by molar-refractivity contribution is 5.75. The molecule has 1 aromatic heterocycles. The Hall–Kier alpha value is -1.91. The maximum absolute atomic E-state index is 14.0. The fourth-order valence-electron chi connectivity index (χ4n) is 10.2. The second-order valence-corrected chi connectivity index (χ2v) is 12.7. The quantitative estimate of drug-likeness (QED) is 0.462. The molecule has 4 fully saturated rings. The van der Waals surface area contributed by atoms with Crippen molar-refractivity contribution in [2.45, 2.75) is 97.5 Å². The van der Waals surface area contributed by atoms with Crippen LogP contribution in [-0.4, -0.2) is 15.9 Å². The van der Waals surface area contributed by atoms with E-state index in [1.165, 1.54) is 70.4 Å². The van der Waals surface area contributed by atoms with Gasteiger partial charge in [0, 0.05) is 12.3 Å². The first-order valence-corrected chi connectivity index (χ1v) is 14.1. The number of carbonyl (C=O) groups is 1. The van der Waals surface area contributed by atoms with Crippen LogP contribution < -0.4 is 0 Å². The number of aromatic amines is 1. The number of ether oxygens (including phenoxy) is 1. The number of aromatic nitrogens is 2. The molecule has 0 saturated heterocycles. The molecular weight excluding hydrogens is 439 g/mol. The third-order valence-electron chi connectivity index (χ3n) is 11.7. The normalized spacial score (nSPS) is 42.8. The van der Waals surface area contributed by atoms with Gasteiger partial charge in [0.05, 0.1) is 11.0 Å². The summed E-state index contributed by atoms with van der Waals surface area (Å²) in [6, 6.07) is 4.70. The summed E-state index contributed by atoms with van der Waals surface area (Å²) in [6.07, 6.45) is 12.0. The summed E-state index contributed by atoms with van der Waals surface area (Å²) in [5, 5.41) is 0. The summed E-state index contributed by atoms with van der Waals surface area (Å²) >= 11 is 0. The summed E-state index contributed by atoms with van der Waals surface area (Å²) < 4.78 is 20.5. The number of esters is 1. The van der Waals surface area contributed by atoms with Gasteiger partial charge in [-0.15, -0.1) is 0 Å². The minimum absolute atomic E-state index is 0.183. The lowest BCUT2D eigenvalue weighted by molar-refractivity contribution is -0.241. The Balaban J connectivity index is 1.49. The molecule has 4 aliphatic carbocycles. The van der Waals surface area contributed by atoms with Crippen molar-refractivity contribution in [2.75, 3.05) is 0 Å². The number of hydrogen-bond acceptors (Lipinski definition) is 3. The minimum Gasteiger partial charge on any atom is -0.450 e. The average molecular weight is 481 g/mol. The Labute approximate surface area is 208 Å². The number of halogens is 1. The highest BCUT2D eigenvalue weighted by atomic mass is 19.1. The molecule has 190 valence electrons. The van der Waals surface area contributed by atoms with Gasteiger partial charge >= 0.3 is 5.97 Å². The van der Waals surface area contributed by atoms with E-state index in [0.717, 1.165) is 36.0 Å². The van der Waals surface area contributed by atoms with Crippen molar-refractivity contribution in [3.05, 3.63) is 29.8 Å².